The van der Waals surface area contributed by atoms with E-state index < -0.39 is 0 Å². The number of aldehydes is 2. The van der Waals surface area contributed by atoms with Crippen molar-refractivity contribution in [2.45, 2.75) is 33.1 Å². The van der Waals surface area contributed by atoms with Gasteiger partial charge in [-0.1, -0.05) is 26.0 Å². The molecule has 4 heteroatoms. The minimum absolute atomic E-state index is 0.0276. The van der Waals surface area contributed by atoms with Gasteiger partial charge in [-0.2, -0.15) is 0 Å². The fourth-order valence-electron chi connectivity index (χ4n) is 2.73. The van der Waals surface area contributed by atoms with Crippen LogP contribution in [0.4, 0.5) is 0 Å². The van der Waals surface area contributed by atoms with Crippen LogP contribution in [-0.2, 0) is 19.3 Å². The van der Waals surface area contributed by atoms with Crippen molar-refractivity contribution in [2.24, 2.45) is 0 Å². The number of carbonyl (C=O) groups excluding carboxylic acids is 2. The second-order valence-corrected chi connectivity index (χ2v) is 5.51. The molecule has 0 amide bonds. The highest BCUT2D eigenvalue weighted by Gasteiger charge is 2.12. The third-order valence-corrected chi connectivity index (χ3v) is 3.98. The van der Waals surface area contributed by atoms with Crippen LogP contribution < -0.4 is 0 Å². The quantitative estimate of drug-likeness (QED) is 0.801. The third-order valence-electron chi connectivity index (χ3n) is 3.98. The zero-order valence-electron chi connectivity index (χ0n) is 13.3. The van der Waals surface area contributed by atoms with Crippen LogP contribution in [-0.4, -0.2) is 22.8 Å². The van der Waals surface area contributed by atoms with Crippen molar-refractivity contribution in [1.82, 2.24) is 0 Å². The Labute approximate surface area is 135 Å². The van der Waals surface area contributed by atoms with Crippen molar-refractivity contribution in [3.05, 3.63) is 57.6 Å². The third kappa shape index (κ3) is 3.42. The van der Waals surface area contributed by atoms with Gasteiger partial charge in [-0.3, -0.25) is 9.59 Å². The molecule has 0 aliphatic rings. The summed E-state index contributed by atoms with van der Waals surface area (Å²) in [6.45, 7) is 3.82. The van der Waals surface area contributed by atoms with Gasteiger partial charge in [0.05, 0.1) is 11.1 Å². The molecule has 0 bridgehead atoms. The summed E-state index contributed by atoms with van der Waals surface area (Å²) in [5.74, 6) is 0.0552. The number of phenolic OH excluding ortho intramolecular Hbond substituents is 2. The summed E-state index contributed by atoms with van der Waals surface area (Å²) < 4.78 is 0. The van der Waals surface area contributed by atoms with Crippen molar-refractivity contribution in [3.63, 3.8) is 0 Å². The second kappa shape index (κ2) is 7.09. The Morgan fingerprint density at radius 3 is 1.48 bits per heavy atom. The van der Waals surface area contributed by atoms with Crippen molar-refractivity contribution in [3.8, 4) is 11.5 Å². The van der Waals surface area contributed by atoms with E-state index in [0.29, 0.717) is 31.8 Å². The van der Waals surface area contributed by atoms with Gasteiger partial charge in [0, 0.05) is 0 Å². The minimum atomic E-state index is 0.0276. The molecule has 0 saturated heterocycles. The number of aryl methyl sites for hydroxylation is 2. The summed E-state index contributed by atoms with van der Waals surface area (Å²) in [4.78, 5) is 22.2. The number of hydrogen-bond acceptors (Lipinski definition) is 4. The molecule has 0 spiro atoms. The van der Waals surface area contributed by atoms with Gasteiger partial charge in [0.1, 0.15) is 11.5 Å². The molecular formula is C19H20O4. The lowest BCUT2D eigenvalue weighted by atomic mass is 9.95. The number of phenols is 2. The smallest absolute Gasteiger partial charge is 0.153 e. The Kier molecular flexibility index (Phi) is 5.16. The SMILES string of the molecule is CCc1cc(Cc2cc(C=O)c(O)c(CC)c2)cc(C=O)c1O. The largest absolute Gasteiger partial charge is 0.507 e. The van der Waals surface area contributed by atoms with E-state index in [1.165, 1.54) is 0 Å². The first-order chi connectivity index (χ1) is 11.0. The first-order valence-corrected chi connectivity index (χ1v) is 7.63. The number of aromatic hydroxyl groups is 2. The molecule has 2 aromatic rings. The number of rotatable bonds is 6. The van der Waals surface area contributed by atoms with Crippen molar-refractivity contribution in [1.29, 1.82) is 0 Å². The maximum atomic E-state index is 11.1. The first kappa shape index (κ1) is 16.7. The summed E-state index contributed by atoms with van der Waals surface area (Å²) in [7, 11) is 0. The summed E-state index contributed by atoms with van der Waals surface area (Å²) in [5, 5.41) is 19.9. The topological polar surface area (TPSA) is 74.6 Å². The van der Waals surface area contributed by atoms with Crippen LogP contribution >= 0.6 is 0 Å². The molecule has 2 aromatic carbocycles. The fraction of sp³-hybridized carbons (Fsp3) is 0.263. The molecule has 0 unspecified atom stereocenters. The highest BCUT2D eigenvalue weighted by atomic mass is 16.3. The molecule has 0 aliphatic heterocycles. The van der Waals surface area contributed by atoms with Crippen molar-refractivity contribution in [2.75, 3.05) is 0 Å². The van der Waals surface area contributed by atoms with Crippen LogP contribution in [0.1, 0.15) is 56.8 Å². The standard InChI is InChI=1S/C19H20O4/c1-3-14-6-12(8-16(10-20)18(14)22)5-13-7-15(4-2)19(23)17(9-13)11-21/h6-11,22-23H,3-5H2,1-2H3. The normalized spacial score (nSPS) is 10.5. The Balaban J connectivity index is 2.47. The summed E-state index contributed by atoms with van der Waals surface area (Å²) in [5.41, 5.74) is 3.73. The van der Waals surface area contributed by atoms with E-state index in [4.69, 9.17) is 0 Å². The lowest BCUT2D eigenvalue weighted by molar-refractivity contribution is 0.111. The van der Waals surface area contributed by atoms with E-state index in [2.05, 4.69) is 0 Å². The van der Waals surface area contributed by atoms with E-state index in [0.717, 1.165) is 22.3 Å². The maximum absolute atomic E-state index is 11.1. The average molecular weight is 312 g/mol. The van der Waals surface area contributed by atoms with Gasteiger partial charge in [-0.05, 0) is 53.6 Å². The molecule has 0 aromatic heterocycles. The number of hydrogen-bond donors (Lipinski definition) is 2. The van der Waals surface area contributed by atoms with Gasteiger partial charge in [0.25, 0.3) is 0 Å². The zero-order valence-corrected chi connectivity index (χ0v) is 13.3. The van der Waals surface area contributed by atoms with Crippen LogP contribution in [0.3, 0.4) is 0 Å². The van der Waals surface area contributed by atoms with Crippen molar-refractivity contribution >= 4 is 12.6 Å². The van der Waals surface area contributed by atoms with E-state index >= 15 is 0 Å². The zero-order chi connectivity index (χ0) is 17.0. The predicted molar refractivity (Wildman–Crippen MR) is 88.6 cm³/mol. The van der Waals surface area contributed by atoms with Gasteiger partial charge in [0.2, 0.25) is 0 Å². The lowest BCUT2D eigenvalue weighted by Crippen LogP contribution is -1.98. The van der Waals surface area contributed by atoms with Crippen LogP contribution in [0.15, 0.2) is 24.3 Å². The van der Waals surface area contributed by atoms with Gasteiger partial charge in [-0.25, -0.2) is 0 Å². The van der Waals surface area contributed by atoms with Crippen LogP contribution in [0.2, 0.25) is 0 Å². The average Bonchev–Trinajstić information content (AvgIpc) is 2.57. The predicted octanol–water partition coefficient (Wildman–Crippen LogP) is 3.44. The van der Waals surface area contributed by atoms with Crippen molar-refractivity contribution < 1.29 is 19.8 Å². The van der Waals surface area contributed by atoms with E-state index in [1.807, 2.05) is 26.0 Å². The van der Waals surface area contributed by atoms with E-state index in [1.54, 1.807) is 12.1 Å². The number of benzene rings is 2. The molecule has 0 heterocycles. The molecule has 0 atom stereocenters. The molecule has 0 saturated carbocycles. The molecule has 2 N–H and O–H groups in total. The monoisotopic (exact) mass is 312 g/mol. The van der Waals surface area contributed by atoms with Crippen LogP contribution in [0.25, 0.3) is 0 Å². The summed E-state index contributed by atoms with van der Waals surface area (Å²) in [6, 6.07) is 7.03. The lowest BCUT2D eigenvalue weighted by Gasteiger charge is -2.12. The minimum Gasteiger partial charge on any atom is -0.507 e. The Morgan fingerprint density at radius 1 is 0.783 bits per heavy atom. The Bertz CT molecular complexity index is 684. The highest BCUT2D eigenvalue weighted by molar-refractivity contribution is 5.81. The number of carbonyl (C=O) groups is 2. The van der Waals surface area contributed by atoms with Gasteiger partial charge in [-0.15, -0.1) is 0 Å². The molecule has 0 radical (unpaired) electrons. The molecular weight excluding hydrogens is 292 g/mol. The maximum Gasteiger partial charge on any atom is 0.153 e. The molecule has 2 rings (SSSR count). The summed E-state index contributed by atoms with van der Waals surface area (Å²) in [6.07, 6.45) is 3.04. The Morgan fingerprint density at radius 2 is 1.17 bits per heavy atom. The molecule has 23 heavy (non-hydrogen) atoms. The molecule has 0 aliphatic carbocycles. The highest BCUT2D eigenvalue weighted by Crippen LogP contribution is 2.28. The molecule has 0 fully saturated rings. The van der Waals surface area contributed by atoms with E-state index in [9.17, 15) is 19.8 Å². The fourth-order valence-corrected chi connectivity index (χ4v) is 2.73. The first-order valence-electron chi connectivity index (χ1n) is 7.63. The Hall–Kier alpha value is -2.62. The second-order valence-electron chi connectivity index (χ2n) is 5.51. The van der Waals surface area contributed by atoms with Gasteiger partial charge < -0.3 is 10.2 Å². The molecule has 120 valence electrons. The van der Waals surface area contributed by atoms with Gasteiger partial charge >= 0.3 is 0 Å². The van der Waals surface area contributed by atoms with Gasteiger partial charge in [0.15, 0.2) is 12.6 Å². The molecule has 4 nitrogen and oxygen atoms in total. The van der Waals surface area contributed by atoms with Crippen LogP contribution in [0.5, 0.6) is 11.5 Å². The van der Waals surface area contributed by atoms with Crippen LogP contribution in [0, 0.1) is 0 Å². The summed E-state index contributed by atoms with van der Waals surface area (Å²) >= 11 is 0. The van der Waals surface area contributed by atoms with E-state index in [-0.39, 0.29) is 22.6 Å².